The molecule has 0 bridgehead atoms. The first-order valence-electron chi connectivity index (χ1n) is 8.26. The Labute approximate surface area is 155 Å². The molecule has 1 aliphatic carbocycles. The van der Waals surface area contributed by atoms with E-state index in [1.165, 1.54) is 24.4 Å². The number of nitrogens with two attached hydrogens (primary N) is 1. The Balaban J connectivity index is 2.03. The number of hydrogen-bond acceptors (Lipinski definition) is 7. The molecule has 4 N–H and O–H groups in total. The minimum absolute atomic E-state index is 0.0557. The Morgan fingerprint density at radius 2 is 2.00 bits per heavy atom. The summed E-state index contributed by atoms with van der Waals surface area (Å²) >= 11 is 0. The highest BCUT2D eigenvalue weighted by molar-refractivity contribution is 6.08. The summed E-state index contributed by atoms with van der Waals surface area (Å²) in [5.41, 5.74) is 5.31. The van der Waals surface area contributed by atoms with Gasteiger partial charge in [-0.3, -0.25) is 19.2 Å². The van der Waals surface area contributed by atoms with Crippen LogP contribution in [0.2, 0.25) is 0 Å². The lowest BCUT2D eigenvalue weighted by atomic mass is 10.0. The van der Waals surface area contributed by atoms with Crippen molar-refractivity contribution >= 4 is 33.8 Å². The number of para-hydroxylation sites is 1. The number of carbonyl (C=O) groups excluding carboxylic acids is 1. The van der Waals surface area contributed by atoms with Crippen LogP contribution in [0.5, 0.6) is 0 Å². The van der Waals surface area contributed by atoms with Crippen LogP contribution in [0, 0.1) is 0 Å². The number of hydrogen-bond donors (Lipinski definition) is 3. The SMILES string of the molecule is NC(CC(=O)c1cccc2oc3cc(=O)c4[nH]ccc(=O)c4c-3nc12)C(=O)O. The van der Waals surface area contributed by atoms with Gasteiger partial charge in [-0.15, -0.1) is 0 Å². The molecule has 2 heterocycles. The summed E-state index contributed by atoms with van der Waals surface area (Å²) in [7, 11) is 0. The molecule has 0 saturated carbocycles. The van der Waals surface area contributed by atoms with E-state index in [2.05, 4.69) is 9.97 Å². The summed E-state index contributed by atoms with van der Waals surface area (Å²) in [6.07, 6.45) is 0.938. The van der Waals surface area contributed by atoms with Crippen molar-refractivity contribution < 1.29 is 19.1 Å². The highest BCUT2D eigenvalue weighted by atomic mass is 16.4. The molecular formula is C19H13N3O6. The van der Waals surface area contributed by atoms with E-state index in [4.69, 9.17) is 15.3 Å². The number of carbonyl (C=O) groups is 2. The number of fused-ring (bicyclic) bond motifs is 4. The highest BCUT2D eigenvalue weighted by Crippen LogP contribution is 2.29. The quantitative estimate of drug-likeness (QED) is 0.270. The normalized spacial score (nSPS) is 12.5. The molecule has 1 aromatic heterocycles. The van der Waals surface area contributed by atoms with Gasteiger partial charge in [0.05, 0.1) is 10.9 Å². The van der Waals surface area contributed by atoms with Crippen LogP contribution < -0.4 is 16.6 Å². The first-order valence-corrected chi connectivity index (χ1v) is 8.26. The van der Waals surface area contributed by atoms with Gasteiger partial charge in [0.1, 0.15) is 17.3 Å². The number of nitrogens with zero attached hydrogens (tertiary/aromatic N) is 1. The monoisotopic (exact) mass is 379 g/mol. The third kappa shape index (κ3) is 2.74. The summed E-state index contributed by atoms with van der Waals surface area (Å²) in [5.74, 6) is -1.72. The standard InChI is InChI=1S/C19H13N3O6/c20-9(19(26)27)6-11(24)8-2-1-3-13-16(8)22-18-14(28-13)7-12(25)17-15(18)10(23)4-5-21-17/h1-5,7,9H,6,20H2,(H,21,23)(H,26,27). The molecule has 0 amide bonds. The summed E-state index contributed by atoms with van der Waals surface area (Å²) in [6.45, 7) is 0. The minimum Gasteiger partial charge on any atom is -0.480 e. The molecule has 2 aromatic rings. The molecule has 0 radical (unpaired) electrons. The molecule has 1 atom stereocenters. The number of carboxylic acid groups (broad SMARTS) is 1. The number of aliphatic carboxylic acids is 1. The average Bonchev–Trinajstić information content (AvgIpc) is 2.66. The summed E-state index contributed by atoms with van der Waals surface area (Å²) in [5, 5.41) is 8.98. The number of pyridine rings is 1. The molecule has 0 spiro atoms. The lowest BCUT2D eigenvalue weighted by molar-refractivity contribution is -0.138. The second-order valence-corrected chi connectivity index (χ2v) is 6.25. The van der Waals surface area contributed by atoms with Crippen LogP contribution in [-0.2, 0) is 4.79 Å². The fourth-order valence-electron chi connectivity index (χ4n) is 3.05. The van der Waals surface area contributed by atoms with E-state index < -0.39 is 35.1 Å². The van der Waals surface area contributed by atoms with Crippen molar-refractivity contribution in [2.75, 3.05) is 0 Å². The maximum absolute atomic E-state index is 12.6. The molecule has 2 aliphatic rings. The third-order valence-corrected chi connectivity index (χ3v) is 4.40. The smallest absolute Gasteiger partial charge is 0.320 e. The van der Waals surface area contributed by atoms with E-state index in [1.54, 1.807) is 12.1 Å². The Morgan fingerprint density at radius 1 is 1.21 bits per heavy atom. The number of ketones is 1. The van der Waals surface area contributed by atoms with E-state index >= 15 is 0 Å². The zero-order valence-corrected chi connectivity index (χ0v) is 14.3. The predicted molar refractivity (Wildman–Crippen MR) is 99.6 cm³/mol. The van der Waals surface area contributed by atoms with E-state index in [0.717, 1.165) is 0 Å². The number of nitrogens with one attached hydrogen (secondary N) is 1. The van der Waals surface area contributed by atoms with E-state index in [0.29, 0.717) is 0 Å². The van der Waals surface area contributed by atoms with Gasteiger partial charge in [0.15, 0.2) is 22.6 Å². The number of Topliss-reactive ketones (excluding diaryl/α,β-unsaturated/α-hetero) is 1. The van der Waals surface area contributed by atoms with Crippen molar-refractivity contribution in [2.45, 2.75) is 12.5 Å². The van der Waals surface area contributed by atoms with Gasteiger partial charge in [-0.2, -0.15) is 0 Å². The Kier molecular flexibility index (Phi) is 4.01. The fraction of sp³-hybridized carbons (Fsp3) is 0.105. The number of aromatic nitrogens is 2. The van der Waals surface area contributed by atoms with Gasteiger partial charge in [0.25, 0.3) is 0 Å². The minimum atomic E-state index is -1.35. The number of rotatable bonds is 4. The average molecular weight is 379 g/mol. The number of benzene rings is 2. The second kappa shape index (κ2) is 6.39. The van der Waals surface area contributed by atoms with Crippen molar-refractivity contribution in [3.63, 3.8) is 0 Å². The molecule has 1 unspecified atom stereocenters. The van der Waals surface area contributed by atoms with Gasteiger partial charge >= 0.3 is 5.97 Å². The van der Waals surface area contributed by atoms with E-state index in [1.807, 2.05) is 0 Å². The number of aromatic amines is 1. The van der Waals surface area contributed by atoms with Crippen LogP contribution in [0.25, 0.3) is 33.5 Å². The molecule has 4 rings (SSSR count). The molecule has 0 fully saturated rings. The van der Waals surface area contributed by atoms with Crippen molar-refractivity contribution in [3.8, 4) is 11.5 Å². The van der Waals surface area contributed by atoms with Crippen LogP contribution in [0.4, 0.5) is 0 Å². The lowest BCUT2D eigenvalue weighted by Gasteiger charge is -2.11. The summed E-state index contributed by atoms with van der Waals surface area (Å²) in [4.78, 5) is 55.2. The van der Waals surface area contributed by atoms with Crippen molar-refractivity contribution in [2.24, 2.45) is 5.73 Å². The van der Waals surface area contributed by atoms with Gasteiger partial charge in [0, 0.05) is 30.3 Å². The predicted octanol–water partition coefficient (Wildman–Crippen LogP) is 1.12. The van der Waals surface area contributed by atoms with Gasteiger partial charge in [-0.25, -0.2) is 4.98 Å². The topological polar surface area (TPSA) is 156 Å². The zero-order valence-electron chi connectivity index (χ0n) is 14.3. The largest absolute Gasteiger partial charge is 0.480 e. The van der Waals surface area contributed by atoms with Crippen molar-refractivity contribution in [1.29, 1.82) is 0 Å². The molecule has 1 aromatic carbocycles. The summed E-state index contributed by atoms with van der Waals surface area (Å²) < 4.78 is 5.72. The Bertz CT molecular complexity index is 1350. The second-order valence-electron chi connectivity index (χ2n) is 6.25. The van der Waals surface area contributed by atoms with Gasteiger partial charge in [0.2, 0.25) is 5.43 Å². The van der Waals surface area contributed by atoms with Crippen molar-refractivity contribution in [3.05, 3.63) is 62.5 Å². The number of carboxylic acids is 1. The molecule has 140 valence electrons. The van der Waals surface area contributed by atoms with Crippen LogP contribution >= 0.6 is 0 Å². The Morgan fingerprint density at radius 3 is 2.75 bits per heavy atom. The van der Waals surface area contributed by atoms with Crippen molar-refractivity contribution in [1.82, 2.24) is 9.97 Å². The van der Waals surface area contributed by atoms with Gasteiger partial charge < -0.3 is 20.2 Å². The van der Waals surface area contributed by atoms with E-state index in [9.17, 15) is 19.2 Å². The van der Waals surface area contributed by atoms with E-state index in [-0.39, 0.29) is 39.0 Å². The molecule has 0 saturated heterocycles. The lowest BCUT2D eigenvalue weighted by Crippen LogP contribution is -2.32. The van der Waals surface area contributed by atoms with Gasteiger partial charge in [-0.05, 0) is 12.1 Å². The first-order chi connectivity index (χ1) is 13.4. The molecule has 9 heteroatoms. The van der Waals surface area contributed by atoms with Gasteiger partial charge in [-0.1, -0.05) is 6.07 Å². The van der Waals surface area contributed by atoms with Crippen LogP contribution in [-0.4, -0.2) is 32.9 Å². The molecular weight excluding hydrogens is 366 g/mol. The maximum atomic E-state index is 12.6. The van der Waals surface area contributed by atoms with Crippen LogP contribution in [0.3, 0.4) is 0 Å². The summed E-state index contributed by atoms with van der Waals surface area (Å²) in [6, 6.07) is 5.70. The molecule has 9 nitrogen and oxygen atoms in total. The van der Waals surface area contributed by atoms with Crippen LogP contribution in [0.15, 0.2) is 50.5 Å². The number of H-pyrrole nitrogens is 1. The third-order valence-electron chi connectivity index (χ3n) is 4.40. The first kappa shape index (κ1) is 17.6. The molecule has 28 heavy (non-hydrogen) atoms. The Hall–Kier alpha value is -3.85. The maximum Gasteiger partial charge on any atom is 0.320 e. The molecule has 1 aliphatic heterocycles. The highest BCUT2D eigenvalue weighted by Gasteiger charge is 2.23. The van der Waals surface area contributed by atoms with Crippen LogP contribution in [0.1, 0.15) is 16.8 Å². The fourth-order valence-corrected chi connectivity index (χ4v) is 3.05. The zero-order chi connectivity index (χ0) is 20.0.